The zero-order valence-electron chi connectivity index (χ0n) is 11.2. The fraction of sp³-hybridized carbons (Fsp3) is 0.176. The number of aryl methyl sites for hydroxylation is 2. The molecule has 1 aromatic heterocycles. The van der Waals surface area contributed by atoms with Gasteiger partial charge in [-0.2, -0.15) is 0 Å². The summed E-state index contributed by atoms with van der Waals surface area (Å²) in [5.41, 5.74) is 6.74. The van der Waals surface area contributed by atoms with Crippen LogP contribution in [0, 0.1) is 13.8 Å². The zero-order chi connectivity index (χ0) is 13.2. The van der Waals surface area contributed by atoms with Crippen molar-refractivity contribution in [3.8, 4) is 0 Å². The summed E-state index contributed by atoms with van der Waals surface area (Å²) in [5, 5.41) is 0. The van der Waals surface area contributed by atoms with Gasteiger partial charge in [0.15, 0.2) is 0 Å². The number of rotatable bonds is 2. The third-order valence-electron chi connectivity index (χ3n) is 3.49. The second-order valence-corrected chi connectivity index (χ2v) is 4.84. The molecule has 0 amide bonds. The van der Waals surface area contributed by atoms with Crippen molar-refractivity contribution in [1.82, 2.24) is 4.98 Å². The lowest BCUT2D eigenvalue weighted by atomic mass is 10.1. The number of hydrogen-bond donors (Lipinski definition) is 0. The maximum atomic E-state index is 4.61. The van der Waals surface area contributed by atoms with Crippen molar-refractivity contribution in [3.63, 3.8) is 0 Å². The smallest absolute Gasteiger partial charge is 0.0885 e. The SMILES string of the molecule is Cc1ccc(C2=NCC(c3ccccc3)=C2)nc1C. The third-order valence-corrected chi connectivity index (χ3v) is 3.49. The number of hydrogen-bond acceptors (Lipinski definition) is 2. The molecule has 2 heterocycles. The minimum Gasteiger partial charge on any atom is -0.278 e. The van der Waals surface area contributed by atoms with Gasteiger partial charge in [0.25, 0.3) is 0 Å². The van der Waals surface area contributed by atoms with Gasteiger partial charge in [-0.05, 0) is 42.7 Å². The second-order valence-electron chi connectivity index (χ2n) is 4.84. The Kier molecular flexibility index (Phi) is 3.00. The molecule has 1 aromatic carbocycles. The highest BCUT2D eigenvalue weighted by Gasteiger charge is 2.12. The van der Waals surface area contributed by atoms with Crippen LogP contribution in [0.2, 0.25) is 0 Å². The molecule has 1 aliphatic rings. The summed E-state index contributed by atoms with van der Waals surface area (Å²) in [6, 6.07) is 14.5. The summed E-state index contributed by atoms with van der Waals surface area (Å²) in [7, 11) is 0. The van der Waals surface area contributed by atoms with Crippen molar-refractivity contribution in [1.29, 1.82) is 0 Å². The van der Waals surface area contributed by atoms with Gasteiger partial charge >= 0.3 is 0 Å². The van der Waals surface area contributed by atoms with Crippen molar-refractivity contribution in [3.05, 3.63) is 71.1 Å². The van der Waals surface area contributed by atoms with Crippen LogP contribution < -0.4 is 0 Å². The molecule has 0 aliphatic carbocycles. The predicted octanol–water partition coefficient (Wildman–Crippen LogP) is 3.58. The predicted molar refractivity (Wildman–Crippen MR) is 79.5 cm³/mol. The highest BCUT2D eigenvalue weighted by Crippen LogP contribution is 2.21. The Hall–Kier alpha value is -2.22. The molecule has 1 aliphatic heterocycles. The molecular weight excluding hydrogens is 232 g/mol. The summed E-state index contributed by atoms with van der Waals surface area (Å²) in [4.78, 5) is 9.20. The van der Waals surface area contributed by atoms with E-state index in [4.69, 9.17) is 0 Å². The van der Waals surface area contributed by atoms with Crippen LogP contribution in [0.25, 0.3) is 5.57 Å². The molecule has 0 unspecified atom stereocenters. The minimum atomic E-state index is 0.744. The molecule has 2 nitrogen and oxygen atoms in total. The van der Waals surface area contributed by atoms with Gasteiger partial charge in [-0.15, -0.1) is 0 Å². The third kappa shape index (κ3) is 2.34. The van der Waals surface area contributed by atoms with Crippen molar-refractivity contribution in [2.45, 2.75) is 13.8 Å². The Balaban J connectivity index is 1.92. The second kappa shape index (κ2) is 4.81. The van der Waals surface area contributed by atoms with E-state index in [0.717, 1.165) is 23.6 Å². The Labute approximate surface area is 113 Å². The average molecular weight is 248 g/mol. The van der Waals surface area contributed by atoms with Crippen LogP contribution >= 0.6 is 0 Å². The van der Waals surface area contributed by atoms with Crippen LogP contribution in [0.1, 0.15) is 22.5 Å². The number of nitrogens with zero attached hydrogens (tertiary/aromatic N) is 2. The van der Waals surface area contributed by atoms with Crippen LogP contribution in [-0.2, 0) is 0 Å². The number of pyridine rings is 1. The van der Waals surface area contributed by atoms with Gasteiger partial charge in [-0.3, -0.25) is 9.98 Å². The molecule has 0 bridgehead atoms. The number of aliphatic imine (C=N–C) groups is 1. The molecule has 2 heteroatoms. The normalized spacial score (nSPS) is 14.2. The first-order valence-corrected chi connectivity index (χ1v) is 6.49. The molecule has 0 spiro atoms. The lowest BCUT2D eigenvalue weighted by Gasteiger charge is -2.02. The van der Waals surface area contributed by atoms with E-state index in [1.54, 1.807) is 0 Å². The van der Waals surface area contributed by atoms with E-state index in [1.807, 2.05) is 19.1 Å². The number of benzene rings is 1. The molecule has 2 aromatic rings. The van der Waals surface area contributed by atoms with E-state index in [2.05, 4.69) is 53.3 Å². The summed E-state index contributed by atoms with van der Waals surface area (Å²) in [6.07, 6.45) is 2.15. The number of aromatic nitrogens is 1. The van der Waals surface area contributed by atoms with E-state index in [0.29, 0.717) is 0 Å². The Bertz CT molecular complexity index is 667. The summed E-state index contributed by atoms with van der Waals surface area (Å²) >= 11 is 0. The molecule has 3 rings (SSSR count). The van der Waals surface area contributed by atoms with Crippen LogP contribution in [0.15, 0.2) is 53.5 Å². The van der Waals surface area contributed by atoms with E-state index in [-0.39, 0.29) is 0 Å². The van der Waals surface area contributed by atoms with Crippen molar-refractivity contribution in [2.75, 3.05) is 6.54 Å². The van der Waals surface area contributed by atoms with Crippen LogP contribution in [0.5, 0.6) is 0 Å². The highest BCUT2D eigenvalue weighted by atomic mass is 14.8. The molecule has 0 radical (unpaired) electrons. The van der Waals surface area contributed by atoms with Gasteiger partial charge in [0.1, 0.15) is 0 Å². The quantitative estimate of drug-likeness (QED) is 0.797. The first-order chi connectivity index (χ1) is 9.24. The summed E-state index contributed by atoms with van der Waals surface area (Å²) in [6.45, 7) is 4.86. The van der Waals surface area contributed by atoms with E-state index < -0.39 is 0 Å². The fourth-order valence-electron chi connectivity index (χ4n) is 2.18. The van der Waals surface area contributed by atoms with Gasteiger partial charge in [-0.25, -0.2) is 0 Å². The van der Waals surface area contributed by atoms with Gasteiger partial charge in [0, 0.05) is 5.69 Å². The standard InChI is InChI=1S/C17H16N2/c1-12-8-9-16(19-13(12)2)17-10-15(11-18-17)14-6-4-3-5-7-14/h3-10H,11H2,1-2H3. The molecule has 19 heavy (non-hydrogen) atoms. The van der Waals surface area contributed by atoms with E-state index in [9.17, 15) is 0 Å². The first-order valence-electron chi connectivity index (χ1n) is 6.49. The van der Waals surface area contributed by atoms with Gasteiger partial charge in [-0.1, -0.05) is 36.4 Å². The highest BCUT2D eigenvalue weighted by molar-refractivity contribution is 6.13. The summed E-state index contributed by atoms with van der Waals surface area (Å²) in [5.74, 6) is 0. The number of allylic oxidation sites excluding steroid dienone is 1. The van der Waals surface area contributed by atoms with Crippen molar-refractivity contribution >= 4 is 11.3 Å². The molecule has 0 N–H and O–H groups in total. The van der Waals surface area contributed by atoms with Gasteiger partial charge in [0.05, 0.1) is 18.0 Å². The van der Waals surface area contributed by atoms with Crippen LogP contribution in [-0.4, -0.2) is 17.2 Å². The Morgan fingerprint density at radius 3 is 2.47 bits per heavy atom. The lowest BCUT2D eigenvalue weighted by molar-refractivity contribution is 1.13. The summed E-state index contributed by atoms with van der Waals surface area (Å²) < 4.78 is 0. The monoisotopic (exact) mass is 248 g/mol. The Morgan fingerprint density at radius 1 is 0.947 bits per heavy atom. The van der Waals surface area contributed by atoms with Gasteiger partial charge < -0.3 is 0 Å². The minimum absolute atomic E-state index is 0.744. The molecule has 0 fully saturated rings. The van der Waals surface area contributed by atoms with Crippen LogP contribution in [0.3, 0.4) is 0 Å². The van der Waals surface area contributed by atoms with E-state index in [1.165, 1.54) is 16.7 Å². The maximum Gasteiger partial charge on any atom is 0.0885 e. The topological polar surface area (TPSA) is 25.2 Å². The molecule has 0 saturated carbocycles. The molecule has 0 atom stereocenters. The van der Waals surface area contributed by atoms with Gasteiger partial charge in [0.2, 0.25) is 0 Å². The molecular formula is C17H16N2. The Morgan fingerprint density at radius 2 is 1.74 bits per heavy atom. The van der Waals surface area contributed by atoms with Crippen molar-refractivity contribution in [2.24, 2.45) is 4.99 Å². The average Bonchev–Trinajstić information content (AvgIpc) is 2.93. The van der Waals surface area contributed by atoms with Crippen molar-refractivity contribution < 1.29 is 0 Å². The lowest BCUT2D eigenvalue weighted by Crippen LogP contribution is -2.00. The largest absolute Gasteiger partial charge is 0.278 e. The molecule has 94 valence electrons. The van der Waals surface area contributed by atoms with E-state index >= 15 is 0 Å². The van der Waals surface area contributed by atoms with Crippen LogP contribution in [0.4, 0.5) is 0 Å². The zero-order valence-corrected chi connectivity index (χ0v) is 11.2. The maximum absolute atomic E-state index is 4.61. The molecule has 0 saturated heterocycles. The fourth-order valence-corrected chi connectivity index (χ4v) is 2.18. The first kappa shape index (κ1) is 11.8.